The number of nitrogens with one attached hydrogen (secondary N) is 1. The third kappa shape index (κ3) is 4.87. The van der Waals surface area contributed by atoms with Crippen LogP contribution in [0.1, 0.15) is 40.5 Å². The quantitative estimate of drug-likeness (QED) is 0.548. The Morgan fingerprint density at radius 3 is 2.52 bits per heavy atom. The van der Waals surface area contributed by atoms with Crippen molar-refractivity contribution in [3.8, 4) is 11.1 Å². The normalized spacial score (nSPS) is 16.1. The van der Waals surface area contributed by atoms with E-state index in [-0.39, 0.29) is 11.1 Å². The Hall–Kier alpha value is -2.58. The summed E-state index contributed by atoms with van der Waals surface area (Å²) in [4.78, 5) is 33.3. The fourth-order valence-electron chi connectivity index (χ4n) is 4.10. The van der Waals surface area contributed by atoms with Crippen LogP contribution in [0.3, 0.4) is 0 Å². The second-order valence-electron chi connectivity index (χ2n) is 9.76. The third-order valence-corrected chi connectivity index (χ3v) is 7.11. The van der Waals surface area contributed by atoms with E-state index in [4.69, 9.17) is 21.3 Å². The first-order chi connectivity index (χ1) is 15.5. The molecule has 0 spiro atoms. The topological polar surface area (TPSA) is 76.5 Å². The first-order valence-corrected chi connectivity index (χ1v) is 12.2. The van der Waals surface area contributed by atoms with Gasteiger partial charge in [0, 0.05) is 47.2 Å². The van der Waals surface area contributed by atoms with Crippen molar-refractivity contribution in [3.05, 3.63) is 45.0 Å². The molecule has 0 radical (unpaired) electrons. The second kappa shape index (κ2) is 8.65. The molecule has 1 aliphatic rings. The molecule has 3 aromatic rings. The van der Waals surface area contributed by atoms with E-state index in [1.54, 1.807) is 11.6 Å². The molecule has 1 N–H and O–H groups in total. The van der Waals surface area contributed by atoms with Crippen LogP contribution in [0.2, 0.25) is 5.02 Å². The average Bonchev–Trinajstić information content (AvgIpc) is 3.14. The van der Waals surface area contributed by atoms with Crippen LogP contribution >= 0.6 is 22.9 Å². The van der Waals surface area contributed by atoms with Gasteiger partial charge in [0.2, 0.25) is 5.95 Å². The summed E-state index contributed by atoms with van der Waals surface area (Å²) in [5.41, 5.74) is 0.642. The van der Waals surface area contributed by atoms with Crippen molar-refractivity contribution in [2.24, 2.45) is 7.05 Å². The maximum atomic E-state index is 13.4. The lowest BCUT2D eigenvalue weighted by Gasteiger charge is -2.40. The molecule has 0 atom stereocenters. The minimum atomic E-state index is -0.539. The van der Waals surface area contributed by atoms with E-state index in [1.807, 2.05) is 57.3 Å². The number of ether oxygens (including phenoxy) is 1. The van der Waals surface area contributed by atoms with E-state index in [0.29, 0.717) is 34.3 Å². The van der Waals surface area contributed by atoms with Gasteiger partial charge in [0.15, 0.2) is 0 Å². The van der Waals surface area contributed by atoms with Crippen LogP contribution in [-0.4, -0.2) is 39.9 Å². The number of hydrogen-bond donors (Lipinski definition) is 1. The SMILES string of the molecule is Cn1c(N2CCC(C)(NC(=O)OC(C)(C)C)CC2)nc2scc(-c3ccccc3Cl)c2c1=O. The molecule has 2 aromatic heterocycles. The van der Waals surface area contributed by atoms with E-state index in [1.165, 1.54) is 11.3 Å². The van der Waals surface area contributed by atoms with Crippen molar-refractivity contribution in [2.75, 3.05) is 18.0 Å². The number of halogens is 1. The van der Waals surface area contributed by atoms with Crippen molar-refractivity contribution in [1.82, 2.24) is 14.9 Å². The summed E-state index contributed by atoms with van der Waals surface area (Å²) in [5.74, 6) is 0.638. The summed E-state index contributed by atoms with van der Waals surface area (Å²) < 4.78 is 7.03. The van der Waals surface area contributed by atoms with Crippen molar-refractivity contribution in [3.63, 3.8) is 0 Å². The van der Waals surface area contributed by atoms with Gasteiger partial charge in [-0.05, 0) is 46.6 Å². The molecule has 3 heterocycles. The Morgan fingerprint density at radius 1 is 1.21 bits per heavy atom. The third-order valence-electron chi connectivity index (χ3n) is 5.91. The number of benzene rings is 1. The van der Waals surface area contributed by atoms with Crippen LogP contribution in [0.5, 0.6) is 0 Å². The molecule has 0 bridgehead atoms. The highest BCUT2D eigenvalue weighted by Crippen LogP contribution is 2.36. The molecule has 1 aromatic carbocycles. The summed E-state index contributed by atoms with van der Waals surface area (Å²) in [6, 6.07) is 7.52. The standard InChI is InChI=1S/C24H29ClN4O3S/c1-23(2,3)32-22(31)27-24(4)10-12-29(13-11-24)21-26-19-18(20(30)28(21)5)16(14-33-19)15-8-6-7-9-17(15)25/h6-9,14H,10-13H2,1-5H3,(H,27,31). The number of nitrogens with zero attached hydrogens (tertiary/aromatic N) is 3. The van der Waals surface area contributed by atoms with Gasteiger partial charge in [-0.3, -0.25) is 9.36 Å². The zero-order chi connectivity index (χ0) is 24.0. The number of fused-ring (bicyclic) bond motifs is 1. The summed E-state index contributed by atoms with van der Waals surface area (Å²) in [7, 11) is 1.75. The van der Waals surface area contributed by atoms with Crippen molar-refractivity contribution < 1.29 is 9.53 Å². The van der Waals surface area contributed by atoms with Gasteiger partial charge in [-0.15, -0.1) is 11.3 Å². The number of amides is 1. The van der Waals surface area contributed by atoms with Crippen molar-refractivity contribution >= 4 is 45.2 Å². The number of thiophene rings is 1. The Labute approximate surface area is 202 Å². The van der Waals surface area contributed by atoms with Gasteiger partial charge in [0.1, 0.15) is 10.4 Å². The molecule has 33 heavy (non-hydrogen) atoms. The smallest absolute Gasteiger partial charge is 0.408 e. The summed E-state index contributed by atoms with van der Waals surface area (Å²) in [6.07, 6.45) is 1.03. The Balaban J connectivity index is 1.57. The molecule has 1 amide bonds. The lowest BCUT2D eigenvalue weighted by molar-refractivity contribution is 0.0448. The van der Waals surface area contributed by atoms with Gasteiger partial charge in [0.05, 0.1) is 5.39 Å². The molecule has 9 heteroatoms. The number of carbonyl (C=O) groups excluding carboxylic acids is 1. The number of carbonyl (C=O) groups is 1. The fourth-order valence-corrected chi connectivity index (χ4v) is 5.26. The Morgan fingerprint density at radius 2 is 1.88 bits per heavy atom. The number of piperidine rings is 1. The van der Waals surface area contributed by atoms with Crippen molar-refractivity contribution in [2.45, 2.75) is 51.7 Å². The highest BCUT2D eigenvalue weighted by Gasteiger charge is 2.34. The zero-order valence-electron chi connectivity index (χ0n) is 19.6. The Bertz CT molecular complexity index is 1250. The molecule has 0 aliphatic carbocycles. The molecular weight excluding hydrogens is 460 g/mol. The van der Waals surface area contributed by atoms with Gasteiger partial charge < -0.3 is 15.0 Å². The highest BCUT2D eigenvalue weighted by atomic mass is 35.5. The van der Waals surface area contributed by atoms with Gasteiger partial charge in [0.25, 0.3) is 5.56 Å². The van der Waals surface area contributed by atoms with Gasteiger partial charge in [-0.1, -0.05) is 29.8 Å². The van der Waals surface area contributed by atoms with E-state index < -0.39 is 11.7 Å². The number of alkyl carbamates (subject to hydrolysis) is 1. The molecule has 4 rings (SSSR count). The summed E-state index contributed by atoms with van der Waals surface area (Å²) in [6.45, 7) is 8.91. The number of hydrogen-bond acceptors (Lipinski definition) is 6. The van der Waals surface area contributed by atoms with Gasteiger partial charge in [-0.2, -0.15) is 0 Å². The monoisotopic (exact) mass is 488 g/mol. The maximum Gasteiger partial charge on any atom is 0.408 e. The summed E-state index contributed by atoms with van der Waals surface area (Å²) in [5, 5.41) is 6.16. The molecule has 1 aliphatic heterocycles. The predicted octanol–water partition coefficient (Wildman–Crippen LogP) is 5.20. The largest absolute Gasteiger partial charge is 0.444 e. The molecule has 1 fully saturated rings. The lowest BCUT2D eigenvalue weighted by Crippen LogP contribution is -2.55. The van der Waals surface area contributed by atoms with Crippen LogP contribution in [0.25, 0.3) is 21.3 Å². The van der Waals surface area contributed by atoms with Crippen LogP contribution < -0.4 is 15.8 Å². The van der Waals surface area contributed by atoms with Crippen LogP contribution in [0.4, 0.5) is 10.7 Å². The minimum Gasteiger partial charge on any atom is -0.444 e. The first-order valence-electron chi connectivity index (χ1n) is 11.0. The maximum absolute atomic E-state index is 13.4. The van der Waals surface area contributed by atoms with Crippen LogP contribution in [0, 0.1) is 0 Å². The lowest BCUT2D eigenvalue weighted by atomic mass is 9.90. The number of rotatable bonds is 3. The first kappa shape index (κ1) is 23.6. The van der Waals surface area contributed by atoms with Crippen LogP contribution in [-0.2, 0) is 11.8 Å². The molecule has 0 saturated carbocycles. The zero-order valence-corrected chi connectivity index (χ0v) is 21.1. The molecule has 176 valence electrons. The number of anilines is 1. The second-order valence-corrected chi connectivity index (χ2v) is 11.0. The molecular formula is C24H29ClN4O3S. The average molecular weight is 489 g/mol. The fraction of sp³-hybridized carbons (Fsp3) is 0.458. The van der Waals surface area contributed by atoms with E-state index in [2.05, 4.69) is 10.2 Å². The van der Waals surface area contributed by atoms with Crippen LogP contribution in [0.15, 0.2) is 34.4 Å². The van der Waals surface area contributed by atoms with E-state index in [9.17, 15) is 9.59 Å². The Kier molecular flexibility index (Phi) is 6.18. The minimum absolute atomic E-state index is 0.0913. The molecule has 0 unspecified atom stereocenters. The molecule has 1 saturated heterocycles. The van der Waals surface area contributed by atoms with Gasteiger partial charge >= 0.3 is 6.09 Å². The van der Waals surface area contributed by atoms with Gasteiger partial charge in [-0.25, -0.2) is 9.78 Å². The highest BCUT2D eigenvalue weighted by molar-refractivity contribution is 7.17. The molecule has 7 nitrogen and oxygen atoms in total. The van der Waals surface area contributed by atoms with E-state index >= 15 is 0 Å². The van der Waals surface area contributed by atoms with E-state index in [0.717, 1.165) is 24.0 Å². The predicted molar refractivity (Wildman–Crippen MR) is 135 cm³/mol. The summed E-state index contributed by atoms with van der Waals surface area (Å²) >= 11 is 7.84. The number of aromatic nitrogens is 2. The van der Waals surface area contributed by atoms with Crippen molar-refractivity contribution in [1.29, 1.82) is 0 Å².